The second kappa shape index (κ2) is 9.70. The van der Waals surface area contributed by atoms with Crippen LogP contribution in [0.2, 0.25) is 0 Å². The van der Waals surface area contributed by atoms with Gasteiger partial charge in [-0.25, -0.2) is 4.79 Å². The molecule has 4 nitrogen and oxygen atoms in total. The first-order chi connectivity index (χ1) is 12.0. The third-order valence-corrected chi connectivity index (χ3v) is 4.29. The molecular weight excluding hydrogens is 383 g/mol. The van der Waals surface area contributed by atoms with Crippen molar-refractivity contribution >= 4 is 41.7 Å². The maximum Gasteiger partial charge on any atom is 0.335 e. The van der Waals surface area contributed by atoms with Gasteiger partial charge in [-0.05, 0) is 47.2 Å². The molecule has 0 amide bonds. The normalized spacial score (nSPS) is 10.4. The Hall–Kier alpha value is -2.14. The van der Waals surface area contributed by atoms with Gasteiger partial charge in [0.1, 0.15) is 0 Å². The average molecular weight is 407 g/mol. The Balaban J connectivity index is 0.00000182. The summed E-state index contributed by atoms with van der Waals surface area (Å²) in [4.78, 5) is 16.2. The molecule has 0 aliphatic heterocycles. The number of hydrogen-bond acceptors (Lipinski definition) is 3. The van der Waals surface area contributed by atoms with Crippen molar-refractivity contribution in [3.8, 4) is 11.1 Å². The molecule has 1 aromatic heterocycles. The van der Waals surface area contributed by atoms with Crippen LogP contribution in [0.15, 0.2) is 48.5 Å². The smallest absolute Gasteiger partial charge is 0.335 e. The molecule has 0 bridgehead atoms. The van der Waals surface area contributed by atoms with E-state index in [-0.39, 0.29) is 30.4 Å². The molecule has 0 spiro atoms. The zero-order chi connectivity index (χ0) is 18.0. The summed E-state index contributed by atoms with van der Waals surface area (Å²) < 4.78 is 0. The van der Waals surface area contributed by atoms with Gasteiger partial charge >= 0.3 is 5.97 Å². The molecule has 0 saturated carbocycles. The van der Waals surface area contributed by atoms with Crippen LogP contribution in [0.4, 0.5) is 0 Å². The van der Waals surface area contributed by atoms with Gasteiger partial charge in [0.25, 0.3) is 0 Å². The van der Waals surface area contributed by atoms with Crippen molar-refractivity contribution in [3.63, 3.8) is 0 Å². The lowest BCUT2D eigenvalue weighted by Gasteiger charge is -2.18. The van der Waals surface area contributed by atoms with Crippen molar-refractivity contribution in [1.29, 1.82) is 0 Å². The Morgan fingerprint density at radius 3 is 2.33 bits per heavy atom. The molecule has 3 rings (SSSR count). The number of aromatic carboxylic acids is 1. The van der Waals surface area contributed by atoms with Crippen LogP contribution < -0.4 is 5.73 Å². The summed E-state index contributed by atoms with van der Waals surface area (Å²) in [5.74, 6) is -0.487. The Morgan fingerprint density at radius 2 is 1.78 bits per heavy atom. The number of hydrogen-bond donors (Lipinski definition) is 2. The van der Waals surface area contributed by atoms with Gasteiger partial charge in [-0.2, -0.15) is 0 Å². The van der Waals surface area contributed by atoms with Crippen molar-refractivity contribution in [1.82, 2.24) is 4.98 Å². The molecule has 144 valence electrons. The van der Waals surface area contributed by atoms with Crippen molar-refractivity contribution in [2.75, 3.05) is 0 Å². The minimum Gasteiger partial charge on any atom is -0.478 e. The molecule has 3 N–H and O–H groups in total. The molecule has 0 radical (unpaired) electrons. The first kappa shape index (κ1) is 22.9. The Labute approximate surface area is 171 Å². The summed E-state index contributed by atoms with van der Waals surface area (Å²) in [5, 5.41) is 10.2. The molecule has 3 aromatic rings. The van der Waals surface area contributed by atoms with E-state index in [4.69, 9.17) is 10.7 Å². The maximum absolute atomic E-state index is 11.4. The van der Waals surface area contributed by atoms with Gasteiger partial charge in [0.2, 0.25) is 0 Å². The van der Waals surface area contributed by atoms with Crippen LogP contribution in [0.5, 0.6) is 0 Å². The number of aromatic nitrogens is 1. The third kappa shape index (κ3) is 4.78. The van der Waals surface area contributed by atoms with Crippen molar-refractivity contribution in [2.24, 2.45) is 11.7 Å². The second-order valence-electron chi connectivity index (χ2n) is 6.62. The predicted octanol–water partition coefficient (Wildman–Crippen LogP) is 5.10. The van der Waals surface area contributed by atoms with Crippen molar-refractivity contribution < 1.29 is 9.90 Å². The number of nitrogens with zero attached hydrogens (tertiary/aromatic N) is 1. The number of pyridine rings is 1. The summed E-state index contributed by atoms with van der Waals surface area (Å²) in [6.45, 7) is 4.68. The largest absolute Gasteiger partial charge is 0.478 e. The molecule has 6 heteroatoms. The van der Waals surface area contributed by atoms with Gasteiger partial charge in [-0.1, -0.05) is 44.2 Å². The highest BCUT2D eigenvalue weighted by atomic mass is 35.5. The lowest BCUT2D eigenvalue weighted by molar-refractivity contribution is 0.0697. The number of nitrogens with two attached hydrogens (primary N) is 1. The predicted molar refractivity (Wildman–Crippen MR) is 115 cm³/mol. The number of rotatable bonds is 5. The first-order valence-electron chi connectivity index (χ1n) is 8.45. The van der Waals surface area contributed by atoms with E-state index in [0.29, 0.717) is 12.5 Å². The van der Waals surface area contributed by atoms with E-state index >= 15 is 0 Å². The molecule has 27 heavy (non-hydrogen) atoms. The van der Waals surface area contributed by atoms with E-state index in [9.17, 15) is 9.90 Å². The Morgan fingerprint density at radius 1 is 1.11 bits per heavy atom. The number of fused-ring (bicyclic) bond motifs is 1. The molecular formula is C21H24Cl2N2O2. The van der Waals surface area contributed by atoms with Crippen molar-refractivity contribution in [2.45, 2.75) is 26.8 Å². The van der Waals surface area contributed by atoms with Crippen LogP contribution in [-0.4, -0.2) is 16.1 Å². The molecule has 0 unspecified atom stereocenters. The summed E-state index contributed by atoms with van der Waals surface area (Å²) in [6.07, 6.45) is 0.836. The zero-order valence-corrected chi connectivity index (χ0v) is 16.9. The van der Waals surface area contributed by atoms with E-state index < -0.39 is 5.97 Å². The summed E-state index contributed by atoms with van der Waals surface area (Å²) in [6, 6.07) is 15.1. The van der Waals surface area contributed by atoms with E-state index in [1.54, 1.807) is 18.2 Å². The minimum atomic E-state index is -0.943. The lowest BCUT2D eigenvalue weighted by Crippen LogP contribution is -2.10. The zero-order valence-electron chi connectivity index (χ0n) is 15.3. The first-order valence-corrected chi connectivity index (χ1v) is 8.45. The van der Waals surface area contributed by atoms with E-state index in [1.165, 1.54) is 0 Å². The third-order valence-electron chi connectivity index (χ3n) is 4.29. The van der Waals surface area contributed by atoms with Crippen LogP contribution in [0.25, 0.3) is 22.0 Å². The van der Waals surface area contributed by atoms with Gasteiger partial charge in [0.05, 0.1) is 11.1 Å². The van der Waals surface area contributed by atoms with E-state index in [0.717, 1.165) is 39.7 Å². The SMILES string of the molecule is CC(C)Cc1nc2ccc(C(=O)O)cc2c(-c2ccccc2)c1CN.Cl.Cl. The highest BCUT2D eigenvalue weighted by Crippen LogP contribution is 2.34. The topological polar surface area (TPSA) is 76.2 Å². The summed E-state index contributed by atoms with van der Waals surface area (Å²) >= 11 is 0. The van der Waals surface area contributed by atoms with Crippen LogP contribution in [-0.2, 0) is 13.0 Å². The average Bonchev–Trinajstić information content (AvgIpc) is 2.60. The van der Waals surface area contributed by atoms with Gasteiger partial charge in [-0.3, -0.25) is 4.98 Å². The maximum atomic E-state index is 11.4. The van der Waals surface area contributed by atoms with E-state index in [1.807, 2.05) is 30.3 Å². The van der Waals surface area contributed by atoms with Gasteiger partial charge in [-0.15, -0.1) is 24.8 Å². The Bertz CT molecular complexity index is 928. The van der Waals surface area contributed by atoms with E-state index in [2.05, 4.69) is 13.8 Å². The fourth-order valence-corrected chi connectivity index (χ4v) is 3.20. The molecule has 2 aromatic carbocycles. The van der Waals surface area contributed by atoms with Gasteiger partial charge < -0.3 is 10.8 Å². The second-order valence-corrected chi connectivity index (χ2v) is 6.62. The molecule has 0 atom stereocenters. The molecule has 0 saturated heterocycles. The fourth-order valence-electron chi connectivity index (χ4n) is 3.20. The summed E-state index contributed by atoms with van der Waals surface area (Å²) in [5.41, 5.74) is 11.2. The molecule has 1 heterocycles. The number of halogens is 2. The fraction of sp³-hybridized carbons (Fsp3) is 0.238. The lowest BCUT2D eigenvalue weighted by atomic mass is 9.91. The molecule has 0 fully saturated rings. The number of benzene rings is 2. The minimum absolute atomic E-state index is 0. The van der Waals surface area contributed by atoms with Crippen LogP contribution >= 0.6 is 24.8 Å². The van der Waals surface area contributed by atoms with Crippen LogP contribution in [0, 0.1) is 5.92 Å². The number of carboxylic acid groups (broad SMARTS) is 1. The van der Waals surface area contributed by atoms with Crippen LogP contribution in [0.1, 0.15) is 35.5 Å². The number of carbonyl (C=O) groups is 1. The summed E-state index contributed by atoms with van der Waals surface area (Å²) in [7, 11) is 0. The quantitative estimate of drug-likeness (QED) is 0.617. The standard InChI is InChI=1S/C21H22N2O2.2ClH/c1-13(2)10-19-17(12-22)20(14-6-4-3-5-7-14)16-11-15(21(24)25)8-9-18(16)23-19;;/h3-9,11,13H,10,12,22H2,1-2H3,(H,24,25);2*1H. The molecule has 0 aliphatic carbocycles. The Kier molecular flexibility index (Phi) is 8.22. The van der Waals surface area contributed by atoms with Crippen molar-refractivity contribution in [3.05, 3.63) is 65.4 Å². The highest BCUT2D eigenvalue weighted by molar-refractivity contribution is 6.01. The molecule has 0 aliphatic rings. The monoisotopic (exact) mass is 406 g/mol. The van der Waals surface area contributed by atoms with Gasteiger partial charge in [0.15, 0.2) is 0 Å². The number of carboxylic acids is 1. The van der Waals surface area contributed by atoms with Crippen LogP contribution in [0.3, 0.4) is 0 Å². The highest BCUT2D eigenvalue weighted by Gasteiger charge is 2.17. The van der Waals surface area contributed by atoms with Gasteiger partial charge in [0, 0.05) is 17.6 Å².